The van der Waals surface area contributed by atoms with Crippen LogP contribution < -0.4 is 20.5 Å². The van der Waals surface area contributed by atoms with Gasteiger partial charge in [0.15, 0.2) is 11.5 Å². The highest BCUT2D eigenvalue weighted by Gasteiger charge is 2.24. The largest absolute Gasteiger partial charge is 0.486 e. The molecule has 1 amide bonds. The minimum Gasteiger partial charge on any atom is -0.486 e. The molecular weight excluding hydrogens is 278 g/mol. The van der Waals surface area contributed by atoms with Crippen molar-refractivity contribution in [2.24, 2.45) is 5.73 Å². The highest BCUT2D eigenvalue weighted by atomic mass is 16.6. The maximum atomic E-state index is 11.9. The van der Waals surface area contributed by atoms with Gasteiger partial charge in [-0.05, 0) is 6.42 Å². The number of amides is 1. The van der Waals surface area contributed by atoms with E-state index >= 15 is 0 Å². The third-order valence-corrected chi connectivity index (χ3v) is 3.05. The predicted octanol–water partition coefficient (Wildman–Crippen LogP) is 1.43. The summed E-state index contributed by atoms with van der Waals surface area (Å²) in [6.07, 6.45) is 1.25. The number of nitrogens with zero attached hydrogens (tertiary/aromatic N) is 1. The normalized spacial score (nSPS) is 14.4. The molecule has 0 fully saturated rings. The van der Waals surface area contributed by atoms with Crippen molar-refractivity contribution in [1.82, 2.24) is 0 Å². The zero-order chi connectivity index (χ0) is 15.4. The molecule has 0 spiro atoms. The maximum absolute atomic E-state index is 11.9. The molecule has 0 aromatic heterocycles. The second-order valence-corrected chi connectivity index (χ2v) is 4.65. The Morgan fingerprint density at radius 1 is 1.43 bits per heavy atom. The first-order valence-electron chi connectivity index (χ1n) is 6.67. The lowest BCUT2D eigenvalue weighted by Crippen LogP contribution is -2.35. The number of hydrogen-bond donors (Lipinski definition) is 2. The van der Waals surface area contributed by atoms with Crippen LogP contribution in [0.25, 0.3) is 0 Å². The van der Waals surface area contributed by atoms with E-state index in [0.717, 1.165) is 6.42 Å². The van der Waals surface area contributed by atoms with Crippen molar-refractivity contribution in [2.45, 2.75) is 25.8 Å². The van der Waals surface area contributed by atoms with Crippen molar-refractivity contribution in [3.8, 4) is 11.5 Å². The molecule has 1 aromatic carbocycles. The third kappa shape index (κ3) is 3.40. The van der Waals surface area contributed by atoms with Crippen LogP contribution in [0.15, 0.2) is 12.1 Å². The Morgan fingerprint density at radius 3 is 2.62 bits per heavy atom. The highest BCUT2D eigenvalue weighted by Crippen LogP contribution is 2.39. The van der Waals surface area contributed by atoms with Crippen molar-refractivity contribution in [1.29, 1.82) is 0 Å². The molecule has 114 valence electrons. The first kappa shape index (κ1) is 15.0. The average molecular weight is 295 g/mol. The van der Waals surface area contributed by atoms with Crippen LogP contribution in [0.1, 0.15) is 19.8 Å². The molecule has 0 aliphatic carbocycles. The average Bonchev–Trinajstić information content (AvgIpc) is 2.46. The van der Waals surface area contributed by atoms with Gasteiger partial charge >= 0.3 is 0 Å². The Morgan fingerprint density at radius 2 is 2.05 bits per heavy atom. The molecular formula is C13H17N3O5. The second kappa shape index (κ2) is 6.40. The van der Waals surface area contributed by atoms with Crippen molar-refractivity contribution in [3.63, 3.8) is 0 Å². The lowest BCUT2D eigenvalue weighted by molar-refractivity contribution is -0.384. The number of fused-ring (bicyclic) bond motifs is 1. The summed E-state index contributed by atoms with van der Waals surface area (Å²) in [6.45, 7) is 2.59. The maximum Gasteiger partial charge on any atom is 0.296 e. The number of nitro groups is 1. The zero-order valence-electron chi connectivity index (χ0n) is 11.6. The number of hydrogen-bond acceptors (Lipinski definition) is 6. The quantitative estimate of drug-likeness (QED) is 0.627. The summed E-state index contributed by atoms with van der Waals surface area (Å²) in [5.74, 6) is 0.201. The first-order chi connectivity index (χ1) is 10.0. The zero-order valence-corrected chi connectivity index (χ0v) is 11.6. The topological polar surface area (TPSA) is 117 Å². The molecule has 1 aliphatic rings. The summed E-state index contributed by atoms with van der Waals surface area (Å²) in [4.78, 5) is 22.4. The molecule has 0 unspecified atom stereocenters. The summed E-state index contributed by atoms with van der Waals surface area (Å²) in [5, 5.41) is 13.6. The standard InChI is InChI=1S/C13H17N3O5/c1-2-3-8(14)13(17)15-9-6-11-12(21-5-4-20-11)7-10(9)16(18)19/h6-8H,2-5,14H2,1H3,(H,15,17)/t8-/m0/s1. The SMILES string of the molecule is CCC[C@H](N)C(=O)Nc1cc2c(cc1[N+](=O)[O-])OCCO2. The molecule has 8 nitrogen and oxygen atoms in total. The lowest BCUT2D eigenvalue weighted by Gasteiger charge is -2.19. The Kier molecular flexibility index (Phi) is 4.59. The van der Waals surface area contributed by atoms with Crippen molar-refractivity contribution in [3.05, 3.63) is 22.2 Å². The Bertz CT molecular complexity index is 561. The van der Waals surface area contributed by atoms with Crippen LogP contribution >= 0.6 is 0 Å². The van der Waals surface area contributed by atoms with Gasteiger partial charge in [-0.15, -0.1) is 0 Å². The monoisotopic (exact) mass is 295 g/mol. The Balaban J connectivity index is 2.28. The van der Waals surface area contributed by atoms with Crippen LogP contribution in [-0.2, 0) is 4.79 Å². The number of rotatable bonds is 5. The van der Waals surface area contributed by atoms with Gasteiger partial charge in [-0.1, -0.05) is 13.3 Å². The van der Waals surface area contributed by atoms with E-state index in [4.69, 9.17) is 15.2 Å². The van der Waals surface area contributed by atoms with Crippen molar-refractivity contribution in [2.75, 3.05) is 18.5 Å². The van der Waals surface area contributed by atoms with Crippen LogP contribution in [0.3, 0.4) is 0 Å². The van der Waals surface area contributed by atoms with E-state index in [1.54, 1.807) is 0 Å². The summed E-state index contributed by atoms with van der Waals surface area (Å²) in [5.41, 5.74) is 5.50. The number of carbonyl (C=O) groups excluding carboxylic acids is 1. The fourth-order valence-corrected chi connectivity index (χ4v) is 2.00. The van der Waals surface area contributed by atoms with Gasteiger partial charge in [-0.3, -0.25) is 14.9 Å². The number of benzene rings is 1. The number of nitrogens with two attached hydrogens (primary N) is 1. The predicted molar refractivity (Wildman–Crippen MR) is 75.6 cm³/mol. The van der Waals surface area contributed by atoms with Crippen LogP contribution in [0.2, 0.25) is 0 Å². The van der Waals surface area contributed by atoms with Gasteiger partial charge in [0.05, 0.1) is 17.0 Å². The summed E-state index contributed by atoms with van der Waals surface area (Å²) < 4.78 is 10.7. The van der Waals surface area contributed by atoms with E-state index in [2.05, 4.69) is 5.32 Å². The lowest BCUT2D eigenvalue weighted by atomic mass is 10.1. The highest BCUT2D eigenvalue weighted by molar-refractivity contribution is 5.97. The van der Waals surface area contributed by atoms with Gasteiger partial charge in [-0.25, -0.2) is 0 Å². The van der Waals surface area contributed by atoms with E-state index in [9.17, 15) is 14.9 Å². The van der Waals surface area contributed by atoms with Crippen LogP contribution in [0, 0.1) is 10.1 Å². The van der Waals surface area contributed by atoms with Gasteiger partial charge in [0.2, 0.25) is 5.91 Å². The molecule has 0 bridgehead atoms. The van der Waals surface area contributed by atoms with Crippen molar-refractivity contribution >= 4 is 17.3 Å². The molecule has 2 rings (SSSR count). The minimum absolute atomic E-state index is 0.0563. The number of nitro benzene ring substituents is 1. The third-order valence-electron chi connectivity index (χ3n) is 3.05. The molecule has 8 heteroatoms. The van der Waals surface area contributed by atoms with Crippen molar-refractivity contribution < 1.29 is 19.2 Å². The summed E-state index contributed by atoms with van der Waals surface area (Å²) in [7, 11) is 0. The fourth-order valence-electron chi connectivity index (χ4n) is 2.00. The van der Waals surface area contributed by atoms with E-state index in [1.165, 1.54) is 12.1 Å². The Labute approximate surface area is 121 Å². The van der Waals surface area contributed by atoms with E-state index in [0.29, 0.717) is 31.1 Å². The smallest absolute Gasteiger partial charge is 0.296 e. The molecule has 1 aromatic rings. The minimum atomic E-state index is -0.706. The molecule has 0 radical (unpaired) electrons. The van der Waals surface area contributed by atoms with Gasteiger partial charge in [0.1, 0.15) is 18.9 Å². The number of carbonyl (C=O) groups is 1. The molecule has 1 heterocycles. The molecule has 1 atom stereocenters. The number of anilines is 1. The fraction of sp³-hybridized carbons (Fsp3) is 0.462. The molecule has 1 aliphatic heterocycles. The van der Waals surface area contributed by atoms with E-state index < -0.39 is 16.9 Å². The summed E-state index contributed by atoms with van der Waals surface area (Å²) >= 11 is 0. The summed E-state index contributed by atoms with van der Waals surface area (Å²) in [6, 6.07) is 1.93. The van der Waals surface area contributed by atoms with Crippen LogP contribution in [-0.4, -0.2) is 30.1 Å². The van der Waals surface area contributed by atoms with Crippen LogP contribution in [0.4, 0.5) is 11.4 Å². The second-order valence-electron chi connectivity index (χ2n) is 4.65. The number of ether oxygens (including phenoxy) is 2. The molecule has 3 N–H and O–H groups in total. The molecule has 21 heavy (non-hydrogen) atoms. The van der Waals surface area contributed by atoms with Crippen LogP contribution in [0.5, 0.6) is 11.5 Å². The van der Waals surface area contributed by atoms with E-state index in [-0.39, 0.29) is 11.4 Å². The van der Waals surface area contributed by atoms with Gasteiger partial charge in [-0.2, -0.15) is 0 Å². The van der Waals surface area contributed by atoms with Gasteiger partial charge < -0.3 is 20.5 Å². The Hall–Kier alpha value is -2.35. The van der Waals surface area contributed by atoms with Gasteiger partial charge in [0, 0.05) is 6.07 Å². The molecule has 0 saturated carbocycles. The molecule has 0 saturated heterocycles. The first-order valence-corrected chi connectivity index (χ1v) is 6.67. The number of nitrogens with one attached hydrogen (secondary N) is 1. The van der Waals surface area contributed by atoms with Gasteiger partial charge in [0.25, 0.3) is 5.69 Å². The van der Waals surface area contributed by atoms with E-state index in [1.807, 2.05) is 6.92 Å².